The maximum atomic E-state index is 13.7. The number of anilines is 2. The van der Waals surface area contributed by atoms with E-state index in [4.69, 9.17) is 16.3 Å². The van der Waals surface area contributed by atoms with Crippen LogP contribution in [0.4, 0.5) is 17.1 Å². The third-order valence-corrected chi connectivity index (χ3v) is 13.4. The first-order chi connectivity index (χ1) is 29.6. The van der Waals surface area contributed by atoms with Gasteiger partial charge in [-0.1, -0.05) is 43.2 Å². The van der Waals surface area contributed by atoms with Crippen LogP contribution in [-0.2, 0) is 14.8 Å². The van der Waals surface area contributed by atoms with Crippen LogP contribution in [0.1, 0.15) is 61.9 Å². The number of hydrogen-bond acceptors (Lipinski definition) is 10. The summed E-state index contributed by atoms with van der Waals surface area (Å²) in [5.74, 6) is -0.0128. The lowest BCUT2D eigenvalue weighted by atomic mass is 9.72. The molecule has 1 aromatic heterocycles. The van der Waals surface area contributed by atoms with Crippen molar-refractivity contribution in [1.82, 2.24) is 19.5 Å². The molecule has 0 saturated carbocycles. The van der Waals surface area contributed by atoms with Crippen molar-refractivity contribution in [2.24, 2.45) is 5.41 Å². The summed E-state index contributed by atoms with van der Waals surface area (Å²) in [6.07, 6.45) is 6.84. The van der Waals surface area contributed by atoms with E-state index in [2.05, 4.69) is 50.8 Å². The second-order valence-corrected chi connectivity index (χ2v) is 18.9. The minimum absolute atomic E-state index is 0.0108. The largest absolute Gasteiger partial charge is 0.456 e. The summed E-state index contributed by atoms with van der Waals surface area (Å²) in [4.78, 5) is 44.3. The average Bonchev–Trinajstić information content (AvgIpc) is 3.88. The molecule has 3 heterocycles. The summed E-state index contributed by atoms with van der Waals surface area (Å²) in [6, 6.07) is 24.0. The van der Waals surface area contributed by atoms with Crippen LogP contribution in [-0.4, -0.2) is 93.3 Å². The van der Waals surface area contributed by atoms with Crippen LogP contribution in [0.2, 0.25) is 5.02 Å². The molecular weight excluding hydrogens is 830 g/mol. The Morgan fingerprint density at radius 3 is 2.37 bits per heavy atom. The number of likely N-dealkylation sites (tertiary alicyclic amines) is 1. The lowest BCUT2D eigenvalue weighted by molar-refractivity contribution is -0.384. The topological polar surface area (TPSA) is 170 Å². The van der Waals surface area contributed by atoms with E-state index in [1.54, 1.807) is 29.2 Å². The number of nitrogens with zero attached hydrogens (tertiary/aromatic N) is 4. The lowest BCUT2D eigenvalue weighted by Crippen LogP contribution is -2.47. The van der Waals surface area contributed by atoms with Crippen LogP contribution in [0.25, 0.3) is 16.5 Å². The summed E-state index contributed by atoms with van der Waals surface area (Å²) in [5, 5.41) is 15.9. The number of amides is 2. The van der Waals surface area contributed by atoms with Crippen LogP contribution < -0.4 is 19.7 Å². The van der Waals surface area contributed by atoms with Gasteiger partial charge < -0.3 is 24.8 Å². The Balaban J connectivity index is 0.000000752. The summed E-state index contributed by atoms with van der Waals surface area (Å²) in [7, 11) is -1.16. The second-order valence-electron chi connectivity index (χ2n) is 16.7. The molecule has 3 N–H and O–H groups in total. The number of aromatic nitrogens is 1. The van der Waals surface area contributed by atoms with Crippen molar-refractivity contribution in [3.63, 3.8) is 0 Å². The zero-order chi connectivity index (χ0) is 44.2. The highest BCUT2D eigenvalue weighted by Crippen LogP contribution is 2.43. The maximum absolute atomic E-state index is 13.7. The van der Waals surface area contributed by atoms with E-state index in [0.29, 0.717) is 11.7 Å². The number of nitro groups is 1. The monoisotopic (exact) mass is 881 g/mol. The number of sulfonamides is 1. The minimum atomic E-state index is -4.50. The zero-order valence-electron chi connectivity index (χ0n) is 35.4. The van der Waals surface area contributed by atoms with Gasteiger partial charge in [0.1, 0.15) is 17.2 Å². The van der Waals surface area contributed by atoms with Crippen molar-refractivity contribution in [2.45, 2.75) is 50.8 Å². The van der Waals surface area contributed by atoms with Crippen molar-refractivity contribution in [1.29, 1.82) is 0 Å². The summed E-state index contributed by atoms with van der Waals surface area (Å²) >= 11 is 6.22. The molecule has 2 fully saturated rings. The molecule has 5 aromatic rings. The Hall–Kier alpha value is -5.90. The van der Waals surface area contributed by atoms with Gasteiger partial charge in [0, 0.05) is 99.7 Å². The molecule has 4 aromatic carbocycles. The summed E-state index contributed by atoms with van der Waals surface area (Å²) in [5.41, 5.74) is 5.79. The summed E-state index contributed by atoms with van der Waals surface area (Å²) < 4.78 is 35.1. The molecule has 62 heavy (non-hydrogen) atoms. The van der Waals surface area contributed by atoms with Gasteiger partial charge >= 0.3 is 0 Å². The first kappa shape index (κ1) is 44.2. The number of ether oxygens (including phenoxy) is 1. The molecule has 326 valence electrons. The molecule has 0 atom stereocenters. The number of aromatic amines is 1. The number of piperazine rings is 1. The summed E-state index contributed by atoms with van der Waals surface area (Å²) in [6.45, 7) is 9.67. The van der Waals surface area contributed by atoms with Gasteiger partial charge in [-0.2, -0.15) is 0 Å². The Morgan fingerprint density at radius 1 is 0.952 bits per heavy atom. The molecular formula is C46H52ClN7O7S. The minimum Gasteiger partial charge on any atom is -0.456 e. The van der Waals surface area contributed by atoms with E-state index < -0.39 is 31.4 Å². The fourth-order valence-electron chi connectivity index (χ4n) is 8.16. The first-order valence-electron chi connectivity index (χ1n) is 20.7. The maximum Gasteiger partial charge on any atom is 0.293 e. The SMILES string of the molecule is CN1CCCC1=O.CNc1ccc(S(=O)(=O)NC(=O)c2ccc(N3CCN(CC4=C(c5ccc(Cl)cc5)CC(C)(C)CC4)CC3)cc2Oc2ccc3[nH]ccc3c2)cc1[N+](=O)[O-]. The van der Waals surface area contributed by atoms with Crippen LogP contribution in [0.5, 0.6) is 11.5 Å². The highest BCUT2D eigenvalue weighted by molar-refractivity contribution is 7.90. The number of allylic oxidation sites excluding steroid dienone is 1. The second kappa shape index (κ2) is 18.6. The van der Waals surface area contributed by atoms with E-state index >= 15 is 0 Å². The van der Waals surface area contributed by atoms with E-state index in [-0.39, 0.29) is 22.4 Å². The van der Waals surface area contributed by atoms with Gasteiger partial charge in [0.25, 0.3) is 21.6 Å². The predicted molar refractivity (Wildman–Crippen MR) is 244 cm³/mol. The standard InChI is InChI=1S/C41H43ClN6O6S.C5H9NO/c1-41(2)16-14-29(35(25-41)27-4-6-30(42)7-5-27)26-46-18-20-47(21-19-46)31-8-11-34(39(23-31)54-32-9-12-36-28(22-32)15-17-44-36)40(49)45-55(52,53)33-10-13-37(43-3)38(24-33)48(50)51;1-6-4-2-3-5(6)7/h4-13,15,17,22-24,43-44H,14,16,18-21,25-26H2,1-3H3,(H,45,49);2-4H2,1H3. The van der Waals surface area contributed by atoms with Crippen LogP contribution >= 0.6 is 11.6 Å². The number of nitrogens with one attached hydrogen (secondary N) is 3. The quantitative estimate of drug-likeness (QED) is 0.0862. The molecule has 1 aliphatic carbocycles. The fraction of sp³-hybridized carbons (Fsp3) is 0.348. The molecule has 14 nitrogen and oxygen atoms in total. The molecule has 0 spiro atoms. The Morgan fingerprint density at radius 2 is 1.71 bits per heavy atom. The number of carbonyl (C=O) groups is 2. The molecule has 0 bridgehead atoms. The number of fused-ring (bicyclic) bond motifs is 1. The van der Waals surface area contributed by atoms with E-state index in [1.165, 1.54) is 35.9 Å². The first-order valence-corrected chi connectivity index (χ1v) is 22.6. The molecule has 2 saturated heterocycles. The molecule has 0 unspecified atom stereocenters. The third-order valence-electron chi connectivity index (χ3n) is 11.8. The number of benzene rings is 4. The van der Waals surface area contributed by atoms with Gasteiger partial charge in [0.15, 0.2) is 0 Å². The normalized spacial score (nSPS) is 16.8. The number of H-pyrrole nitrogens is 1. The van der Waals surface area contributed by atoms with E-state index in [0.717, 1.165) is 99.1 Å². The van der Waals surface area contributed by atoms with Crippen molar-refractivity contribution in [3.8, 4) is 11.5 Å². The van der Waals surface area contributed by atoms with E-state index in [1.807, 2.05) is 43.6 Å². The molecule has 0 radical (unpaired) electrons. The fourth-order valence-corrected chi connectivity index (χ4v) is 9.27. The van der Waals surface area contributed by atoms with E-state index in [9.17, 15) is 28.1 Å². The van der Waals surface area contributed by atoms with Crippen LogP contribution in [0, 0.1) is 15.5 Å². The van der Waals surface area contributed by atoms with Gasteiger partial charge in [-0.15, -0.1) is 0 Å². The Bertz CT molecular complexity index is 2620. The molecule has 2 aliphatic heterocycles. The van der Waals surface area contributed by atoms with Gasteiger partial charge in [-0.25, -0.2) is 13.1 Å². The Labute approximate surface area is 367 Å². The van der Waals surface area contributed by atoms with Crippen molar-refractivity contribution >= 4 is 67.0 Å². The van der Waals surface area contributed by atoms with Crippen molar-refractivity contribution < 1.29 is 27.7 Å². The number of rotatable bonds is 11. The zero-order valence-corrected chi connectivity index (χ0v) is 36.9. The van der Waals surface area contributed by atoms with Crippen molar-refractivity contribution in [3.05, 3.63) is 123 Å². The van der Waals surface area contributed by atoms with Gasteiger partial charge in [-0.05, 0) is 103 Å². The third kappa shape index (κ3) is 10.4. The smallest absolute Gasteiger partial charge is 0.293 e. The van der Waals surface area contributed by atoms with Gasteiger partial charge in [0.05, 0.1) is 15.4 Å². The average molecular weight is 882 g/mol. The van der Waals surface area contributed by atoms with Gasteiger partial charge in [0.2, 0.25) is 5.91 Å². The lowest BCUT2D eigenvalue weighted by Gasteiger charge is -2.39. The molecule has 3 aliphatic rings. The number of nitro benzene ring substituents is 1. The Kier molecular flexibility index (Phi) is 13.3. The number of hydrogen-bond donors (Lipinski definition) is 3. The highest BCUT2D eigenvalue weighted by Gasteiger charge is 2.30. The molecule has 2 amide bonds. The van der Waals surface area contributed by atoms with Crippen LogP contribution in [0.3, 0.4) is 0 Å². The van der Waals surface area contributed by atoms with Crippen LogP contribution in [0.15, 0.2) is 102 Å². The number of carbonyl (C=O) groups excluding carboxylic acids is 2. The predicted octanol–water partition coefficient (Wildman–Crippen LogP) is 8.71. The molecule has 8 rings (SSSR count). The molecule has 16 heteroatoms. The highest BCUT2D eigenvalue weighted by atomic mass is 35.5. The van der Waals surface area contributed by atoms with Gasteiger partial charge in [-0.3, -0.25) is 24.6 Å². The van der Waals surface area contributed by atoms with Crippen molar-refractivity contribution in [2.75, 3.05) is 63.6 Å². The number of halogens is 1.